The Morgan fingerprint density at radius 3 is 1.43 bits per heavy atom. The van der Waals surface area contributed by atoms with E-state index in [1.807, 2.05) is 72.5 Å². The SMILES string of the molecule is CC(C(=O)OC(c1ccccc1)c1ccccc1)N1CCN(CCN2CCN(c3cccc(C(F)(F)F)c3)CC2)CC1.O=C(O)/C=C/C(=O)O.O=C(O)/C=C/C(=O)O. The highest BCUT2D eigenvalue weighted by Gasteiger charge is 2.32. The molecular weight excluding hydrogens is 765 g/mol. The first-order chi connectivity index (χ1) is 27.5. The highest BCUT2D eigenvalue weighted by Crippen LogP contribution is 2.32. The number of esters is 1. The second-order valence-corrected chi connectivity index (χ2v) is 13.1. The second kappa shape index (κ2) is 23.3. The lowest BCUT2D eigenvalue weighted by Crippen LogP contribution is -2.54. The number of piperazine rings is 2. The standard InChI is InChI=1S/C33H39F3N4O2.2C4H4O4/c1-26(32(41)42-31(27-9-4-2-5-10-27)28-11-6-3-7-12-28)39-21-17-37(18-22-39)15-16-38-19-23-40(24-20-38)30-14-8-13-29(25-30)33(34,35)36;2*5-3(6)1-2-4(7)8/h2-14,25-26,31H,15-24H2,1H3;2*1-2H,(H,5,6)(H,7,8)/b;2*2-1+. The van der Waals surface area contributed by atoms with Crippen LogP contribution in [0.2, 0.25) is 0 Å². The zero-order valence-corrected chi connectivity index (χ0v) is 31.8. The zero-order chi connectivity index (χ0) is 42.7. The molecule has 5 rings (SSSR count). The van der Waals surface area contributed by atoms with E-state index in [1.165, 1.54) is 12.1 Å². The lowest BCUT2D eigenvalue weighted by Gasteiger charge is -2.40. The molecule has 0 aromatic heterocycles. The number of hydrogen-bond acceptors (Lipinski definition) is 10. The molecule has 0 aliphatic carbocycles. The molecule has 1 unspecified atom stereocenters. The van der Waals surface area contributed by atoms with E-state index in [9.17, 15) is 37.1 Å². The van der Waals surface area contributed by atoms with Crippen LogP contribution in [0.1, 0.15) is 29.7 Å². The van der Waals surface area contributed by atoms with Crippen LogP contribution in [0, 0.1) is 0 Å². The van der Waals surface area contributed by atoms with Gasteiger partial charge >= 0.3 is 36.0 Å². The zero-order valence-electron chi connectivity index (χ0n) is 31.8. The number of carboxylic acid groups (broad SMARTS) is 4. The third kappa shape index (κ3) is 16.6. The minimum atomic E-state index is -4.33. The van der Waals surface area contributed by atoms with Gasteiger partial charge < -0.3 is 30.1 Å². The number of ether oxygens (including phenoxy) is 1. The number of aliphatic carboxylic acids is 4. The Morgan fingerprint density at radius 2 is 1.03 bits per heavy atom. The Kier molecular flexibility index (Phi) is 18.6. The normalized spacial score (nSPS) is 15.8. The Labute approximate surface area is 333 Å². The van der Waals surface area contributed by atoms with Crippen molar-refractivity contribution in [3.63, 3.8) is 0 Å². The summed E-state index contributed by atoms with van der Waals surface area (Å²) in [6.45, 7) is 10.2. The summed E-state index contributed by atoms with van der Waals surface area (Å²) in [5.74, 6) is -5.25. The first-order valence-electron chi connectivity index (χ1n) is 18.2. The third-order valence-corrected chi connectivity index (χ3v) is 9.11. The summed E-state index contributed by atoms with van der Waals surface area (Å²) in [7, 11) is 0. The molecule has 2 fully saturated rings. The van der Waals surface area contributed by atoms with E-state index in [-0.39, 0.29) is 12.0 Å². The molecule has 2 saturated heterocycles. The molecule has 58 heavy (non-hydrogen) atoms. The molecule has 0 saturated carbocycles. The van der Waals surface area contributed by atoms with Crippen molar-refractivity contribution in [1.82, 2.24) is 14.7 Å². The summed E-state index contributed by atoms with van der Waals surface area (Å²) in [6, 6.07) is 24.9. The summed E-state index contributed by atoms with van der Waals surface area (Å²) in [5, 5.41) is 31.2. The molecule has 2 aliphatic heterocycles. The van der Waals surface area contributed by atoms with Gasteiger partial charge in [0.2, 0.25) is 0 Å². The van der Waals surface area contributed by atoms with Crippen LogP contribution in [0.3, 0.4) is 0 Å². The first kappa shape index (κ1) is 46.3. The van der Waals surface area contributed by atoms with Crippen molar-refractivity contribution < 1.29 is 62.3 Å². The largest absolute Gasteiger partial charge is 0.478 e. The number of carbonyl (C=O) groups excluding carboxylic acids is 1. The molecule has 3 aromatic carbocycles. The minimum absolute atomic E-state index is 0.222. The van der Waals surface area contributed by atoms with Crippen LogP contribution in [-0.2, 0) is 34.9 Å². The van der Waals surface area contributed by atoms with Gasteiger partial charge in [-0.2, -0.15) is 13.2 Å². The van der Waals surface area contributed by atoms with Gasteiger partial charge in [-0.25, -0.2) is 19.2 Å². The van der Waals surface area contributed by atoms with E-state index in [0.717, 1.165) is 69.6 Å². The van der Waals surface area contributed by atoms with Gasteiger partial charge in [0.25, 0.3) is 0 Å². The number of anilines is 1. The average molecular weight is 813 g/mol. The van der Waals surface area contributed by atoms with Gasteiger partial charge in [-0.05, 0) is 36.2 Å². The molecule has 0 spiro atoms. The summed E-state index contributed by atoms with van der Waals surface area (Å²) in [4.78, 5) is 60.5. The third-order valence-electron chi connectivity index (χ3n) is 9.11. The number of alkyl halides is 3. The minimum Gasteiger partial charge on any atom is -0.478 e. The van der Waals surface area contributed by atoms with Crippen molar-refractivity contribution in [2.75, 3.05) is 70.3 Å². The number of benzene rings is 3. The molecule has 4 N–H and O–H groups in total. The molecule has 312 valence electrons. The van der Waals surface area contributed by atoms with Gasteiger partial charge in [0.05, 0.1) is 5.56 Å². The quantitative estimate of drug-likeness (QED) is 0.139. The number of rotatable bonds is 13. The monoisotopic (exact) mass is 812 g/mol. The first-order valence-corrected chi connectivity index (χ1v) is 18.2. The Balaban J connectivity index is 0.000000473. The molecule has 2 heterocycles. The van der Waals surface area contributed by atoms with Crippen molar-refractivity contribution in [2.24, 2.45) is 0 Å². The molecule has 3 aromatic rings. The molecule has 0 radical (unpaired) electrons. The lowest BCUT2D eigenvalue weighted by molar-refractivity contribution is -0.154. The highest BCUT2D eigenvalue weighted by molar-refractivity contribution is 5.90. The number of hydrogen-bond donors (Lipinski definition) is 4. The smallest absolute Gasteiger partial charge is 0.416 e. The van der Waals surface area contributed by atoms with Crippen molar-refractivity contribution in [3.8, 4) is 0 Å². The number of carbonyl (C=O) groups is 5. The van der Waals surface area contributed by atoms with Gasteiger partial charge in [0.15, 0.2) is 6.10 Å². The van der Waals surface area contributed by atoms with Crippen LogP contribution in [0.25, 0.3) is 0 Å². The molecule has 17 heteroatoms. The molecule has 0 bridgehead atoms. The van der Waals surface area contributed by atoms with Crippen LogP contribution in [0.5, 0.6) is 0 Å². The van der Waals surface area contributed by atoms with Gasteiger partial charge in [-0.15, -0.1) is 0 Å². The van der Waals surface area contributed by atoms with Crippen molar-refractivity contribution in [2.45, 2.75) is 25.2 Å². The Hall–Kier alpha value is -6.04. The van der Waals surface area contributed by atoms with Crippen molar-refractivity contribution in [1.29, 1.82) is 0 Å². The topological polar surface area (TPSA) is 188 Å². The number of nitrogens with zero attached hydrogens (tertiary/aromatic N) is 4. The van der Waals surface area contributed by atoms with Crippen LogP contribution < -0.4 is 4.90 Å². The second-order valence-electron chi connectivity index (χ2n) is 13.1. The molecule has 0 amide bonds. The number of carboxylic acids is 4. The maximum absolute atomic E-state index is 13.3. The fourth-order valence-corrected chi connectivity index (χ4v) is 6.00. The van der Waals surface area contributed by atoms with E-state index < -0.39 is 41.7 Å². The summed E-state index contributed by atoms with van der Waals surface area (Å²) < 4.78 is 45.4. The van der Waals surface area contributed by atoms with Crippen molar-refractivity contribution >= 4 is 35.5 Å². The van der Waals surface area contributed by atoms with Crippen LogP contribution in [-0.4, -0.2) is 136 Å². The van der Waals surface area contributed by atoms with Gasteiger partial charge in [0, 0.05) is 95.4 Å². The molecule has 2 aliphatic rings. The predicted molar refractivity (Wildman–Crippen MR) is 207 cm³/mol. The molecule has 14 nitrogen and oxygen atoms in total. The van der Waals surface area contributed by atoms with Crippen LogP contribution in [0.15, 0.2) is 109 Å². The van der Waals surface area contributed by atoms with Crippen molar-refractivity contribution in [3.05, 3.63) is 126 Å². The maximum atomic E-state index is 13.3. The van der Waals surface area contributed by atoms with Crippen LogP contribution in [0.4, 0.5) is 18.9 Å². The molecule has 1 atom stereocenters. The summed E-state index contributed by atoms with van der Waals surface area (Å²) in [6.07, 6.45) is -2.54. The lowest BCUT2D eigenvalue weighted by atomic mass is 10.0. The van der Waals surface area contributed by atoms with E-state index in [1.54, 1.807) is 6.07 Å². The van der Waals surface area contributed by atoms with E-state index in [0.29, 0.717) is 43.1 Å². The van der Waals surface area contributed by atoms with Gasteiger partial charge in [0.1, 0.15) is 6.04 Å². The van der Waals surface area contributed by atoms with E-state index >= 15 is 0 Å². The highest BCUT2D eigenvalue weighted by atomic mass is 19.4. The Bertz CT molecular complexity index is 1740. The predicted octanol–water partition coefficient (Wildman–Crippen LogP) is 4.59. The fourth-order valence-electron chi connectivity index (χ4n) is 6.00. The van der Waals surface area contributed by atoms with Gasteiger partial charge in [-0.3, -0.25) is 19.5 Å². The van der Waals surface area contributed by atoms with Gasteiger partial charge in [-0.1, -0.05) is 66.7 Å². The summed E-state index contributed by atoms with van der Waals surface area (Å²) in [5.41, 5.74) is 1.93. The maximum Gasteiger partial charge on any atom is 0.416 e. The van der Waals surface area contributed by atoms with E-state index in [2.05, 4.69) is 14.7 Å². The Morgan fingerprint density at radius 1 is 0.621 bits per heavy atom. The van der Waals surface area contributed by atoms with E-state index in [4.69, 9.17) is 25.2 Å². The average Bonchev–Trinajstić information content (AvgIpc) is 3.21. The van der Waals surface area contributed by atoms with Crippen LogP contribution >= 0.6 is 0 Å². The number of halogens is 3. The molecular formula is C41H47F3N4O10. The summed E-state index contributed by atoms with van der Waals surface area (Å²) >= 11 is 0. The fraction of sp³-hybridized carbons (Fsp3) is 0.341.